The molecule has 0 saturated heterocycles. The summed E-state index contributed by atoms with van der Waals surface area (Å²) in [4.78, 5) is 23.5. The van der Waals surface area contributed by atoms with E-state index < -0.39 is 41.6 Å². The first-order chi connectivity index (χ1) is 14.3. The molecular formula is C20H18F3NO6. The first-order valence-corrected chi connectivity index (χ1v) is 8.38. The van der Waals surface area contributed by atoms with Gasteiger partial charge in [0.2, 0.25) is 5.75 Å². The van der Waals surface area contributed by atoms with Crippen LogP contribution < -0.4 is 19.5 Å². The molecule has 0 radical (unpaired) electrons. The van der Waals surface area contributed by atoms with Gasteiger partial charge in [-0.25, -0.2) is 18.0 Å². The van der Waals surface area contributed by atoms with Crippen molar-refractivity contribution in [2.24, 2.45) is 0 Å². The molecule has 1 amide bonds. The van der Waals surface area contributed by atoms with E-state index >= 15 is 0 Å². The predicted molar refractivity (Wildman–Crippen MR) is 101 cm³/mol. The molecule has 2 rings (SSSR count). The van der Waals surface area contributed by atoms with Crippen LogP contribution in [0.1, 0.15) is 5.56 Å². The number of carbonyl (C=O) groups is 2. The second-order valence-corrected chi connectivity index (χ2v) is 5.67. The van der Waals surface area contributed by atoms with Crippen LogP contribution in [0.2, 0.25) is 0 Å². The third kappa shape index (κ3) is 5.43. The lowest BCUT2D eigenvalue weighted by atomic mass is 10.1. The van der Waals surface area contributed by atoms with Gasteiger partial charge in [-0.05, 0) is 35.9 Å². The summed E-state index contributed by atoms with van der Waals surface area (Å²) in [6, 6.07) is 4.67. The van der Waals surface area contributed by atoms with Gasteiger partial charge in [-0.3, -0.25) is 4.79 Å². The molecule has 7 nitrogen and oxygen atoms in total. The molecule has 0 aliphatic heterocycles. The van der Waals surface area contributed by atoms with Gasteiger partial charge in [0.25, 0.3) is 5.91 Å². The first-order valence-electron chi connectivity index (χ1n) is 8.38. The highest BCUT2D eigenvalue weighted by Crippen LogP contribution is 2.38. The van der Waals surface area contributed by atoms with E-state index in [1.54, 1.807) is 12.1 Å². The molecule has 0 heterocycles. The summed E-state index contributed by atoms with van der Waals surface area (Å²) in [5.74, 6) is -5.36. The van der Waals surface area contributed by atoms with Crippen LogP contribution in [-0.2, 0) is 14.3 Å². The maximum Gasteiger partial charge on any atom is 0.331 e. The van der Waals surface area contributed by atoms with E-state index in [1.165, 1.54) is 27.4 Å². The summed E-state index contributed by atoms with van der Waals surface area (Å²) < 4.78 is 59.9. The average molecular weight is 425 g/mol. The number of esters is 1. The zero-order valence-electron chi connectivity index (χ0n) is 16.3. The van der Waals surface area contributed by atoms with Crippen LogP contribution >= 0.6 is 0 Å². The minimum absolute atomic E-state index is 0.373. The Labute approximate surface area is 170 Å². The van der Waals surface area contributed by atoms with Crippen LogP contribution in [0, 0.1) is 17.5 Å². The maximum atomic E-state index is 13.5. The van der Waals surface area contributed by atoms with Gasteiger partial charge in [-0.1, -0.05) is 0 Å². The van der Waals surface area contributed by atoms with Crippen LogP contribution in [0.5, 0.6) is 17.2 Å². The Morgan fingerprint density at radius 2 is 1.60 bits per heavy atom. The van der Waals surface area contributed by atoms with Crippen LogP contribution in [0.3, 0.4) is 0 Å². The van der Waals surface area contributed by atoms with E-state index in [0.717, 1.165) is 12.1 Å². The molecule has 2 aromatic carbocycles. The Hall–Kier alpha value is -3.69. The molecule has 160 valence electrons. The number of hydrogen-bond donors (Lipinski definition) is 1. The lowest BCUT2D eigenvalue weighted by molar-refractivity contribution is -0.142. The highest BCUT2D eigenvalue weighted by Gasteiger charge is 2.16. The Morgan fingerprint density at radius 3 is 2.17 bits per heavy atom. The van der Waals surface area contributed by atoms with Gasteiger partial charge < -0.3 is 24.3 Å². The average Bonchev–Trinajstić information content (AvgIpc) is 2.75. The smallest absolute Gasteiger partial charge is 0.331 e. The molecule has 0 bridgehead atoms. The van der Waals surface area contributed by atoms with Gasteiger partial charge >= 0.3 is 5.97 Å². The summed E-state index contributed by atoms with van der Waals surface area (Å²) >= 11 is 0. The van der Waals surface area contributed by atoms with Crippen molar-refractivity contribution in [3.63, 3.8) is 0 Å². The molecule has 10 heteroatoms. The summed E-state index contributed by atoms with van der Waals surface area (Å²) in [5, 5.41) is 1.98. The van der Waals surface area contributed by atoms with E-state index in [1.807, 2.05) is 5.32 Å². The number of amides is 1. The Morgan fingerprint density at radius 1 is 0.967 bits per heavy atom. The summed E-state index contributed by atoms with van der Waals surface area (Å²) in [6.45, 7) is -0.767. The quantitative estimate of drug-likeness (QED) is 0.397. The number of rotatable bonds is 8. The van der Waals surface area contributed by atoms with Gasteiger partial charge in [-0.15, -0.1) is 0 Å². The SMILES string of the molecule is COc1cc(C=CC(=O)OCC(=O)Nc2ccc(F)c(F)c2F)cc(OC)c1OC. The van der Waals surface area contributed by atoms with Gasteiger partial charge in [0.05, 0.1) is 27.0 Å². The zero-order chi connectivity index (χ0) is 22.3. The second kappa shape index (κ2) is 10.2. The van der Waals surface area contributed by atoms with E-state index in [9.17, 15) is 22.8 Å². The van der Waals surface area contributed by atoms with E-state index in [2.05, 4.69) is 0 Å². The monoisotopic (exact) mass is 425 g/mol. The van der Waals surface area contributed by atoms with Crippen molar-refractivity contribution in [2.45, 2.75) is 0 Å². The number of anilines is 1. The van der Waals surface area contributed by atoms with Crippen molar-refractivity contribution in [1.29, 1.82) is 0 Å². The lowest BCUT2D eigenvalue weighted by Crippen LogP contribution is -2.21. The van der Waals surface area contributed by atoms with Crippen molar-refractivity contribution < 1.29 is 41.7 Å². The minimum atomic E-state index is -1.72. The molecule has 0 unspecified atom stereocenters. The number of halogens is 3. The Bertz CT molecular complexity index is 952. The van der Waals surface area contributed by atoms with Gasteiger partial charge in [0.15, 0.2) is 35.6 Å². The highest BCUT2D eigenvalue weighted by atomic mass is 19.2. The van der Waals surface area contributed by atoms with E-state index in [0.29, 0.717) is 28.9 Å². The molecule has 0 aliphatic carbocycles. The number of hydrogen-bond acceptors (Lipinski definition) is 6. The van der Waals surface area contributed by atoms with Crippen molar-refractivity contribution >= 4 is 23.6 Å². The summed E-state index contributed by atoms with van der Waals surface area (Å²) in [7, 11) is 4.32. The number of benzene rings is 2. The van der Waals surface area contributed by atoms with Gasteiger partial charge in [0.1, 0.15) is 0 Å². The van der Waals surface area contributed by atoms with Gasteiger partial charge in [0, 0.05) is 6.08 Å². The van der Waals surface area contributed by atoms with Crippen molar-refractivity contribution in [2.75, 3.05) is 33.3 Å². The fourth-order valence-electron chi connectivity index (χ4n) is 2.36. The molecule has 0 aliphatic rings. The second-order valence-electron chi connectivity index (χ2n) is 5.67. The normalized spacial score (nSPS) is 10.6. The summed E-state index contributed by atoms with van der Waals surface area (Å²) in [6.07, 6.45) is 2.44. The van der Waals surface area contributed by atoms with Crippen LogP contribution in [0.4, 0.5) is 18.9 Å². The van der Waals surface area contributed by atoms with Crippen molar-refractivity contribution in [3.05, 3.63) is 53.4 Å². The standard InChI is InChI=1S/C20H18F3NO6/c1-27-14-8-11(9-15(28-2)20(14)29-3)4-7-17(26)30-10-16(25)24-13-6-5-12(21)18(22)19(13)23/h4-9H,10H2,1-3H3,(H,24,25). The fourth-order valence-corrected chi connectivity index (χ4v) is 2.36. The predicted octanol–water partition coefficient (Wildman–Crippen LogP) is 3.32. The molecule has 0 spiro atoms. The van der Waals surface area contributed by atoms with Crippen molar-refractivity contribution in [3.8, 4) is 17.2 Å². The van der Waals surface area contributed by atoms with Crippen LogP contribution in [-0.4, -0.2) is 39.8 Å². The zero-order valence-corrected chi connectivity index (χ0v) is 16.3. The summed E-state index contributed by atoms with van der Waals surface area (Å²) in [5.41, 5.74) is -0.0577. The number of methoxy groups -OCH3 is 3. The van der Waals surface area contributed by atoms with E-state index in [-0.39, 0.29) is 0 Å². The molecule has 0 aromatic heterocycles. The molecule has 1 N–H and O–H groups in total. The van der Waals surface area contributed by atoms with E-state index in [4.69, 9.17) is 18.9 Å². The first kappa shape index (κ1) is 22.6. The van der Waals surface area contributed by atoms with Crippen LogP contribution in [0.15, 0.2) is 30.3 Å². The number of carbonyl (C=O) groups excluding carboxylic acids is 2. The minimum Gasteiger partial charge on any atom is -0.493 e. The Balaban J connectivity index is 1.98. The largest absolute Gasteiger partial charge is 0.493 e. The molecule has 0 fully saturated rings. The molecule has 0 saturated carbocycles. The van der Waals surface area contributed by atoms with Crippen molar-refractivity contribution in [1.82, 2.24) is 0 Å². The Kier molecular flexibility index (Phi) is 7.68. The molecule has 0 atom stereocenters. The van der Waals surface area contributed by atoms with Gasteiger partial charge in [-0.2, -0.15) is 0 Å². The molecule has 2 aromatic rings. The topological polar surface area (TPSA) is 83.1 Å². The molecular weight excluding hydrogens is 407 g/mol. The highest BCUT2D eigenvalue weighted by molar-refractivity contribution is 5.94. The third-order valence-electron chi connectivity index (χ3n) is 3.75. The number of nitrogens with one attached hydrogen (secondary N) is 1. The number of ether oxygens (including phenoxy) is 4. The third-order valence-corrected chi connectivity index (χ3v) is 3.75. The molecule has 30 heavy (non-hydrogen) atoms. The lowest BCUT2D eigenvalue weighted by Gasteiger charge is -2.12. The van der Waals surface area contributed by atoms with Crippen LogP contribution in [0.25, 0.3) is 6.08 Å². The fraction of sp³-hybridized carbons (Fsp3) is 0.200. The maximum absolute atomic E-state index is 13.5.